The molecule has 1 atom stereocenters. The van der Waals surface area contributed by atoms with Crippen molar-refractivity contribution in [3.05, 3.63) is 48.6 Å². The van der Waals surface area contributed by atoms with Gasteiger partial charge in [-0.25, -0.2) is 0 Å². The standard InChI is InChI=1S/C37H67NO2/c1-7-11-15-19-23-29-35(30-24-20-16-12-8-2)36(40-37(39)31-25-26-32-38(5)6)33-34(27-21-17-13-9-3)28-22-18-14-10-4/h13-20,34-36H,7-12,21-33H2,1-6H3/b17-13-,18-14-,19-15-,20-16-. The Morgan fingerprint density at radius 1 is 0.650 bits per heavy atom. The van der Waals surface area contributed by atoms with Gasteiger partial charge in [-0.15, -0.1) is 0 Å². The van der Waals surface area contributed by atoms with Crippen molar-refractivity contribution in [2.24, 2.45) is 11.8 Å². The third-order valence-electron chi connectivity index (χ3n) is 7.55. The lowest BCUT2D eigenvalue weighted by Crippen LogP contribution is -2.30. The van der Waals surface area contributed by atoms with Crippen LogP contribution in [0.15, 0.2) is 48.6 Å². The summed E-state index contributed by atoms with van der Waals surface area (Å²) >= 11 is 0. The summed E-state index contributed by atoms with van der Waals surface area (Å²) in [6, 6.07) is 0. The summed E-state index contributed by atoms with van der Waals surface area (Å²) < 4.78 is 6.42. The molecule has 40 heavy (non-hydrogen) atoms. The maximum absolute atomic E-state index is 13.1. The summed E-state index contributed by atoms with van der Waals surface area (Å²) in [6.45, 7) is 9.88. The molecule has 3 heteroatoms. The third-order valence-corrected chi connectivity index (χ3v) is 7.55. The van der Waals surface area contributed by atoms with Gasteiger partial charge in [0.1, 0.15) is 6.10 Å². The van der Waals surface area contributed by atoms with Gasteiger partial charge < -0.3 is 9.64 Å². The Morgan fingerprint density at radius 2 is 1.12 bits per heavy atom. The Kier molecular flexibility index (Phi) is 27.7. The number of esters is 1. The van der Waals surface area contributed by atoms with Gasteiger partial charge in [-0.1, -0.05) is 89.1 Å². The molecule has 0 aromatic heterocycles. The molecule has 0 bridgehead atoms. The van der Waals surface area contributed by atoms with E-state index in [0.29, 0.717) is 18.3 Å². The van der Waals surface area contributed by atoms with E-state index in [-0.39, 0.29) is 12.1 Å². The van der Waals surface area contributed by atoms with E-state index in [9.17, 15) is 4.79 Å². The first-order chi connectivity index (χ1) is 19.5. The number of allylic oxidation sites excluding steroid dienone is 8. The van der Waals surface area contributed by atoms with Crippen molar-refractivity contribution in [1.29, 1.82) is 0 Å². The summed E-state index contributed by atoms with van der Waals surface area (Å²) in [7, 11) is 4.18. The second-order valence-corrected chi connectivity index (χ2v) is 11.7. The highest BCUT2D eigenvalue weighted by molar-refractivity contribution is 5.69. The maximum atomic E-state index is 13.1. The Hall–Kier alpha value is -1.61. The lowest BCUT2D eigenvalue weighted by Gasteiger charge is -2.30. The topological polar surface area (TPSA) is 29.5 Å². The minimum absolute atomic E-state index is 0.00677. The molecule has 0 amide bonds. The molecule has 1 unspecified atom stereocenters. The number of ether oxygens (including phenoxy) is 1. The van der Waals surface area contributed by atoms with Gasteiger partial charge in [0.25, 0.3) is 0 Å². The summed E-state index contributed by atoms with van der Waals surface area (Å²) in [4.78, 5) is 15.3. The number of nitrogens with zero attached hydrogens (tertiary/aromatic N) is 1. The summed E-state index contributed by atoms with van der Waals surface area (Å²) in [5, 5.41) is 0. The van der Waals surface area contributed by atoms with Crippen LogP contribution in [0.1, 0.15) is 143 Å². The average Bonchev–Trinajstić information content (AvgIpc) is 2.93. The molecule has 0 N–H and O–H groups in total. The van der Waals surface area contributed by atoms with Crippen LogP contribution in [0.25, 0.3) is 0 Å². The molecule has 0 spiro atoms. The normalized spacial score (nSPS) is 13.4. The van der Waals surface area contributed by atoms with Crippen molar-refractivity contribution in [2.45, 2.75) is 149 Å². The van der Waals surface area contributed by atoms with Crippen molar-refractivity contribution in [3.63, 3.8) is 0 Å². The number of carbonyl (C=O) groups is 1. The van der Waals surface area contributed by atoms with Crippen molar-refractivity contribution in [1.82, 2.24) is 4.90 Å². The highest BCUT2D eigenvalue weighted by Gasteiger charge is 2.27. The van der Waals surface area contributed by atoms with Gasteiger partial charge in [-0.2, -0.15) is 0 Å². The first-order valence-electron chi connectivity index (χ1n) is 16.9. The molecule has 0 fully saturated rings. The predicted molar refractivity (Wildman–Crippen MR) is 178 cm³/mol. The second kappa shape index (κ2) is 28.9. The Bertz CT molecular complexity index is 638. The van der Waals surface area contributed by atoms with Gasteiger partial charge in [0.15, 0.2) is 0 Å². The van der Waals surface area contributed by atoms with E-state index in [4.69, 9.17) is 4.74 Å². The van der Waals surface area contributed by atoms with E-state index in [1.807, 2.05) is 0 Å². The van der Waals surface area contributed by atoms with Gasteiger partial charge in [0.2, 0.25) is 0 Å². The summed E-state index contributed by atoms with van der Waals surface area (Å²) in [5.74, 6) is 0.985. The van der Waals surface area contributed by atoms with E-state index >= 15 is 0 Å². The quantitative estimate of drug-likeness (QED) is 0.0571. The molecule has 232 valence electrons. The fourth-order valence-corrected chi connectivity index (χ4v) is 5.14. The van der Waals surface area contributed by atoms with Gasteiger partial charge in [0, 0.05) is 6.42 Å². The van der Waals surface area contributed by atoms with Gasteiger partial charge in [0.05, 0.1) is 0 Å². The van der Waals surface area contributed by atoms with Crippen LogP contribution < -0.4 is 0 Å². The van der Waals surface area contributed by atoms with Crippen molar-refractivity contribution in [2.75, 3.05) is 20.6 Å². The summed E-state index contributed by atoms with van der Waals surface area (Å²) in [6.07, 6.45) is 37.9. The van der Waals surface area contributed by atoms with Crippen molar-refractivity contribution < 1.29 is 9.53 Å². The number of rotatable bonds is 27. The number of carbonyl (C=O) groups excluding carboxylic acids is 1. The van der Waals surface area contributed by atoms with Crippen LogP contribution in [0, 0.1) is 11.8 Å². The minimum atomic E-state index is 0.00677. The van der Waals surface area contributed by atoms with Crippen LogP contribution in [0.4, 0.5) is 0 Å². The number of hydrogen-bond donors (Lipinski definition) is 0. The summed E-state index contributed by atoms with van der Waals surface area (Å²) in [5.41, 5.74) is 0. The van der Waals surface area contributed by atoms with E-state index in [0.717, 1.165) is 90.0 Å². The van der Waals surface area contributed by atoms with Gasteiger partial charge >= 0.3 is 5.97 Å². The first-order valence-corrected chi connectivity index (χ1v) is 16.9. The second-order valence-electron chi connectivity index (χ2n) is 11.7. The molecule has 0 heterocycles. The minimum Gasteiger partial charge on any atom is -0.462 e. The molecule has 0 radical (unpaired) electrons. The maximum Gasteiger partial charge on any atom is 0.306 e. The Balaban J connectivity index is 5.71. The highest BCUT2D eigenvalue weighted by Crippen LogP contribution is 2.31. The zero-order valence-electron chi connectivity index (χ0n) is 27.5. The smallest absolute Gasteiger partial charge is 0.306 e. The van der Waals surface area contributed by atoms with Crippen molar-refractivity contribution in [3.8, 4) is 0 Å². The lowest BCUT2D eigenvalue weighted by atomic mass is 9.83. The van der Waals surface area contributed by atoms with Crippen molar-refractivity contribution >= 4 is 5.97 Å². The molecule has 0 aliphatic heterocycles. The van der Waals surface area contributed by atoms with E-state index in [2.05, 4.69) is 95.3 Å². The molecule has 3 nitrogen and oxygen atoms in total. The average molecular weight is 558 g/mol. The molecule has 0 rings (SSSR count). The predicted octanol–water partition coefficient (Wildman–Crippen LogP) is 11.0. The Labute approximate surface area is 250 Å². The van der Waals surface area contributed by atoms with Crippen LogP contribution in [-0.4, -0.2) is 37.6 Å². The fourth-order valence-electron chi connectivity index (χ4n) is 5.14. The van der Waals surface area contributed by atoms with E-state index in [1.165, 1.54) is 25.7 Å². The first kappa shape index (κ1) is 38.4. The molecule has 0 saturated carbocycles. The number of unbranched alkanes of at least 4 members (excludes halogenated alkanes) is 3. The van der Waals surface area contributed by atoms with Crippen LogP contribution in [0.5, 0.6) is 0 Å². The van der Waals surface area contributed by atoms with Crippen LogP contribution in [0.2, 0.25) is 0 Å². The highest BCUT2D eigenvalue weighted by atomic mass is 16.5. The van der Waals surface area contributed by atoms with Gasteiger partial charge in [-0.05, 0) is 129 Å². The molecular formula is C37H67NO2. The third kappa shape index (κ3) is 24.2. The zero-order valence-corrected chi connectivity index (χ0v) is 27.5. The molecule has 0 aromatic carbocycles. The Morgan fingerprint density at radius 3 is 1.60 bits per heavy atom. The monoisotopic (exact) mass is 558 g/mol. The van der Waals surface area contributed by atoms with Crippen LogP contribution in [0.3, 0.4) is 0 Å². The number of hydrogen-bond acceptors (Lipinski definition) is 3. The zero-order chi connectivity index (χ0) is 29.7. The SMILES string of the molecule is CC/C=C\CCC(CC/C=C\CC)CC(OC(=O)CCCCN(C)C)C(CC/C=C\CCC)CC/C=C\CCC. The molecule has 0 saturated heterocycles. The largest absolute Gasteiger partial charge is 0.462 e. The lowest BCUT2D eigenvalue weighted by molar-refractivity contribution is -0.153. The molecular weight excluding hydrogens is 490 g/mol. The van der Waals surface area contributed by atoms with Gasteiger partial charge in [-0.3, -0.25) is 4.79 Å². The van der Waals surface area contributed by atoms with Crippen LogP contribution in [-0.2, 0) is 9.53 Å². The van der Waals surface area contributed by atoms with E-state index < -0.39 is 0 Å². The van der Waals surface area contributed by atoms with E-state index in [1.54, 1.807) is 0 Å². The molecule has 0 aliphatic rings. The van der Waals surface area contributed by atoms with Crippen LogP contribution >= 0.6 is 0 Å². The molecule has 0 aliphatic carbocycles. The molecule has 0 aromatic rings. The fraction of sp³-hybridized carbons (Fsp3) is 0.757.